The van der Waals surface area contributed by atoms with Gasteiger partial charge in [0.05, 0.1) is 6.61 Å². The maximum atomic E-state index is 5.15. The zero-order chi connectivity index (χ0) is 12.9. The van der Waals surface area contributed by atoms with Crippen molar-refractivity contribution in [2.75, 3.05) is 53.5 Å². The van der Waals surface area contributed by atoms with Gasteiger partial charge in [0.15, 0.2) is 0 Å². The molecule has 4 nitrogen and oxygen atoms in total. The Labute approximate surface area is 106 Å². The molecule has 0 radical (unpaired) electrons. The second-order valence-corrected chi connectivity index (χ2v) is 5.84. The largest absolute Gasteiger partial charge is 0.383 e. The number of rotatable bonds is 6. The van der Waals surface area contributed by atoms with Crippen LogP contribution in [-0.4, -0.2) is 74.9 Å². The molecule has 0 amide bonds. The summed E-state index contributed by atoms with van der Waals surface area (Å²) in [6, 6.07) is 0.423. The lowest BCUT2D eigenvalue weighted by Crippen LogP contribution is -2.58. The fraction of sp³-hybridized carbons (Fsp3) is 1.00. The van der Waals surface area contributed by atoms with Crippen LogP contribution in [-0.2, 0) is 4.74 Å². The van der Waals surface area contributed by atoms with Gasteiger partial charge in [-0.2, -0.15) is 0 Å². The van der Waals surface area contributed by atoms with Gasteiger partial charge in [-0.1, -0.05) is 0 Å². The molecule has 102 valence electrons. The van der Waals surface area contributed by atoms with Gasteiger partial charge in [0.25, 0.3) is 0 Å². The smallest absolute Gasteiger partial charge is 0.0613 e. The molecule has 1 saturated heterocycles. The van der Waals surface area contributed by atoms with Crippen LogP contribution in [0.1, 0.15) is 20.8 Å². The van der Waals surface area contributed by atoms with Gasteiger partial charge in [0.1, 0.15) is 0 Å². The highest BCUT2D eigenvalue weighted by Gasteiger charge is 2.29. The molecule has 4 heteroatoms. The maximum Gasteiger partial charge on any atom is 0.0613 e. The number of piperazine rings is 1. The first kappa shape index (κ1) is 14.9. The van der Waals surface area contributed by atoms with Crippen LogP contribution in [0.2, 0.25) is 0 Å². The highest BCUT2D eigenvalue weighted by molar-refractivity contribution is 4.87. The SMILES string of the molecule is COCC(C)NCC(C)(C)N1CCN(C)CC1. The highest BCUT2D eigenvalue weighted by atomic mass is 16.5. The Balaban J connectivity index is 2.34. The van der Waals surface area contributed by atoms with Crippen molar-refractivity contribution in [3.63, 3.8) is 0 Å². The van der Waals surface area contributed by atoms with E-state index in [4.69, 9.17) is 4.74 Å². The van der Waals surface area contributed by atoms with Crippen molar-refractivity contribution in [1.29, 1.82) is 0 Å². The number of ether oxygens (including phenoxy) is 1. The van der Waals surface area contributed by atoms with Crippen LogP contribution in [0.3, 0.4) is 0 Å². The standard InChI is InChI=1S/C13H29N3O/c1-12(10-17-5)14-11-13(2,3)16-8-6-15(4)7-9-16/h12,14H,6-11H2,1-5H3. The molecule has 0 bridgehead atoms. The summed E-state index contributed by atoms with van der Waals surface area (Å²) in [5, 5.41) is 3.55. The molecule has 1 aliphatic heterocycles. The van der Waals surface area contributed by atoms with Gasteiger partial charge in [-0.05, 0) is 27.8 Å². The Bertz CT molecular complexity index is 213. The zero-order valence-corrected chi connectivity index (χ0v) is 12.1. The predicted molar refractivity (Wildman–Crippen MR) is 72.5 cm³/mol. The normalized spacial score (nSPS) is 21.7. The van der Waals surface area contributed by atoms with E-state index in [-0.39, 0.29) is 5.54 Å². The van der Waals surface area contributed by atoms with Gasteiger partial charge in [0, 0.05) is 51.4 Å². The van der Waals surface area contributed by atoms with Crippen LogP contribution in [0.15, 0.2) is 0 Å². The lowest BCUT2D eigenvalue weighted by atomic mass is 10.0. The van der Waals surface area contributed by atoms with Crippen molar-refractivity contribution in [2.45, 2.75) is 32.4 Å². The van der Waals surface area contributed by atoms with Crippen LogP contribution in [0, 0.1) is 0 Å². The quantitative estimate of drug-likeness (QED) is 0.741. The summed E-state index contributed by atoms with van der Waals surface area (Å²) in [7, 11) is 3.95. The monoisotopic (exact) mass is 243 g/mol. The van der Waals surface area contributed by atoms with Crippen molar-refractivity contribution in [1.82, 2.24) is 15.1 Å². The molecule has 0 saturated carbocycles. The van der Waals surface area contributed by atoms with E-state index in [0.717, 1.165) is 13.2 Å². The summed E-state index contributed by atoms with van der Waals surface area (Å²) >= 11 is 0. The summed E-state index contributed by atoms with van der Waals surface area (Å²) in [6.07, 6.45) is 0. The Morgan fingerprint density at radius 3 is 2.35 bits per heavy atom. The molecule has 1 fully saturated rings. The third-order valence-corrected chi connectivity index (χ3v) is 3.66. The molecule has 1 heterocycles. The number of hydrogen-bond acceptors (Lipinski definition) is 4. The Morgan fingerprint density at radius 2 is 1.82 bits per heavy atom. The van der Waals surface area contributed by atoms with Crippen molar-refractivity contribution in [2.24, 2.45) is 0 Å². The van der Waals surface area contributed by atoms with E-state index in [1.54, 1.807) is 7.11 Å². The average molecular weight is 243 g/mol. The molecule has 0 aliphatic carbocycles. The fourth-order valence-corrected chi connectivity index (χ4v) is 2.26. The van der Waals surface area contributed by atoms with Crippen molar-refractivity contribution >= 4 is 0 Å². The van der Waals surface area contributed by atoms with Crippen molar-refractivity contribution in [3.05, 3.63) is 0 Å². The van der Waals surface area contributed by atoms with Crippen LogP contribution in [0.4, 0.5) is 0 Å². The molecular weight excluding hydrogens is 214 g/mol. The van der Waals surface area contributed by atoms with Gasteiger partial charge in [-0.3, -0.25) is 4.90 Å². The summed E-state index contributed by atoms with van der Waals surface area (Å²) in [5.41, 5.74) is 0.225. The van der Waals surface area contributed by atoms with E-state index in [1.807, 2.05) is 0 Å². The Kier molecular flexibility index (Phi) is 5.86. The summed E-state index contributed by atoms with van der Waals surface area (Å²) in [6.45, 7) is 13.3. The Morgan fingerprint density at radius 1 is 1.24 bits per heavy atom. The molecule has 0 aromatic rings. The highest BCUT2D eigenvalue weighted by Crippen LogP contribution is 2.15. The predicted octanol–water partition coefficient (Wildman–Crippen LogP) is 0.637. The molecule has 1 unspecified atom stereocenters. The number of hydrogen-bond donors (Lipinski definition) is 1. The van der Waals surface area contributed by atoms with E-state index in [2.05, 4.69) is 42.9 Å². The summed E-state index contributed by atoms with van der Waals surface area (Å²) in [5.74, 6) is 0. The first-order chi connectivity index (χ1) is 7.95. The second-order valence-electron chi connectivity index (χ2n) is 5.84. The molecule has 1 aliphatic rings. The molecule has 0 aromatic heterocycles. The molecule has 1 N–H and O–H groups in total. The average Bonchev–Trinajstić information content (AvgIpc) is 2.28. The van der Waals surface area contributed by atoms with E-state index in [1.165, 1.54) is 26.2 Å². The van der Waals surface area contributed by atoms with Gasteiger partial charge < -0.3 is 15.0 Å². The number of nitrogens with one attached hydrogen (secondary N) is 1. The van der Waals surface area contributed by atoms with Gasteiger partial charge in [0.2, 0.25) is 0 Å². The first-order valence-electron chi connectivity index (χ1n) is 6.61. The van der Waals surface area contributed by atoms with Crippen LogP contribution < -0.4 is 5.32 Å². The van der Waals surface area contributed by atoms with E-state index in [0.29, 0.717) is 6.04 Å². The van der Waals surface area contributed by atoms with Gasteiger partial charge in [-0.25, -0.2) is 0 Å². The molecule has 0 spiro atoms. The third-order valence-electron chi connectivity index (χ3n) is 3.66. The van der Waals surface area contributed by atoms with E-state index >= 15 is 0 Å². The van der Waals surface area contributed by atoms with Crippen LogP contribution >= 0.6 is 0 Å². The van der Waals surface area contributed by atoms with Crippen molar-refractivity contribution < 1.29 is 4.74 Å². The number of methoxy groups -OCH3 is 1. The lowest BCUT2D eigenvalue weighted by molar-refractivity contribution is 0.0577. The topological polar surface area (TPSA) is 27.7 Å². The third kappa shape index (κ3) is 4.92. The summed E-state index contributed by atoms with van der Waals surface area (Å²) < 4.78 is 5.15. The van der Waals surface area contributed by atoms with E-state index in [9.17, 15) is 0 Å². The van der Waals surface area contributed by atoms with Crippen LogP contribution in [0.25, 0.3) is 0 Å². The molecular formula is C13H29N3O. The number of likely N-dealkylation sites (N-methyl/N-ethyl adjacent to an activating group) is 1. The minimum absolute atomic E-state index is 0.225. The molecule has 1 rings (SSSR count). The molecule has 1 atom stereocenters. The van der Waals surface area contributed by atoms with Gasteiger partial charge in [-0.15, -0.1) is 0 Å². The molecule has 0 aromatic carbocycles. The van der Waals surface area contributed by atoms with E-state index < -0.39 is 0 Å². The second kappa shape index (κ2) is 6.69. The molecule has 17 heavy (non-hydrogen) atoms. The fourth-order valence-electron chi connectivity index (χ4n) is 2.26. The maximum absolute atomic E-state index is 5.15. The lowest BCUT2D eigenvalue weighted by Gasteiger charge is -2.43. The van der Waals surface area contributed by atoms with Gasteiger partial charge >= 0.3 is 0 Å². The Hall–Kier alpha value is -0.160. The number of nitrogens with zero attached hydrogens (tertiary/aromatic N) is 2. The minimum Gasteiger partial charge on any atom is -0.383 e. The first-order valence-corrected chi connectivity index (χ1v) is 6.61. The van der Waals surface area contributed by atoms with Crippen LogP contribution in [0.5, 0.6) is 0 Å². The minimum atomic E-state index is 0.225. The summed E-state index contributed by atoms with van der Waals surface area (Å²) in [4.78, 5) is 4.98. The zero-order valence-electron chi connectivity index (χ0n) is 12.1. The van der Waals surface area contributed by atoms with Crippen molar-refractivity contribution in [3.8, 4) is 0 Å².